The third-order valence-electron chi connectivity index (χ3n) is 3.06. The van der Waals surface area contributed by atoms with Gasteiger partial charge in [-0.3, -0.25) is 4.79 Å². The normalized spacial score (nSPS) is 23.1. The molecule has 1 aromatic heterocycles. The van der Waals surface area contributed by atoms with E-state index in [4.69, 9.17) is 4.42 Å². The lowest BCUT2D eigenvalue weighted by Gasteiger charge is -2.27. The van der Waals surface area contributed by atoms with Crippen LogP contribution in [0.5, 0.6) is 0 Å². The van der Waals surface area contributed by atoms with Crippen molar-refractivity contribution < 1.29 is 9.21 Å². The summed E-state index contributed by atoms with van der Waals surface area (Å²) in [5.74, 6) is 1.21. The van der Waals surface area contributed by atoms with Crippen molar-refractivity contribution in [3.63, 3.8) is 0 Å². The second kappa shape index (κ2) is 4.70. The van der Waals surface area contributed by atoms with E-state index in [9.17, 15) is 4.79 Å². The van der Waals surface area contributed by atoms with E-state index in [1.165, 1.54) is 0 Å². The van der Waals surface area contributed by atoms with Crippen LogP contribution in [-0.2, 0) is 0 Å². The Kier molecular flexibility index (Phi) is 3.29. The minimum Gasteiger partial charge on any atom is -0.438 e. The minimum absolute atomic E-state index is 0.403. The van der Waals surface area contributed by atoms with Crippen LogP contribution in [0.25, 0.3) is 0 Å². The first-order chi connectivity index (χ1) is 7.70. The maximum Gasteiger partial charge on any atom is 0.196 e. The van der Waals surface area contributed by atoms with Crippen LogP contribution >= 0.6 is 0 Å². The average molecular weight is 222 g/mol. The van der Waals surface area contributed by atoms with Crippen molar-refractivity contribution in [1.29, 1.82) is 0 Å². The molecule has 0 amide bonds. The quantitative estimate of drug-likeness (QED) is 0.713. The number of furan rings is 1. The molecular formula is C12H18N2O2. The van der Waals surface area contributed by atoms with E-state index in [1.807, 2.05) is 6.07 Å². The first-order valence-electron chi connectivity index (χ1n) is 5.71. The number of nitrogens with zero attached hydrogens (tertiary/aromatic N) is 2. The summed E-state index contributed by atoms with van der Waals surface area (Å²) >= 11 is 0. The molecule has 16 heavy (non-hydrogen) atoms. The predicted octanol–water partition coefficient (Wildman–Crippen LogP) is 1.62. The van der Waals surface area contributed by atoms with Gasteiger partial charge in [0.15, 0.2) is 17.9 Å². The first kappa shape index (κ1) is 11.2. The van der Waals surface area contributed by atoms with Crippen LogP contribution in [0.3, 0.4) is 0 Å². The van der Waals surface area contributed by atoms with E-state index in [1.54, 1.807) is 6.07 Å². The molecule has 1 saturated heterocycles. The van der Waals surface area contributed by atoms with Gasteiger partial charge in [-0.15, -0.1) is 0 Å². The molecule has 4 heteroatoms. The summed E-state index contributed by atoms with van der Waals surface area (Å²) in [5.41, 5.74) is 0. The molecule has 88 valence electrons. The predicted molar refractivity (Wildman–Crippen MR) is 63.0 cm³/mol. The topological polar surface area (TPSA) is 36.7 Å². The Bertz CT molecular complexity index is 362. The van der Waals surface area contributed by atoms with E-state index in [0.29, 0.717) is 11.8 Å². The van der Waals surface area contributed by atoms with E-state index in [-0.39, 0.29) is 0 Å². The molecule has 0 N–H and O–H groups in total. The summed E-state index contributed by atoms with van der Waals surface area (Å²) in [5, 5.41) is 0. The molecule has 0 saturated carbocycles. The largest absolute Gasteiger partial charge is 0.438 e. The molecule has 1 aliphatic rings. The van der Waals surface area contributed by atoms with E-state index >= 15 is 0 Å². The third kappa shape index (κ3) is 2.27. The Balaban J connectivity index is 2.15. The Morgan fingerprint density at radius 3 is 2.94 bits per heavy atom. The molecule has 0 aliphatic carbocycles. The zero-order valence-electron chi connectivity index (χ0n) is 9.85. The standard InChI is InChI=1S/C12H18N2O2/c1-10-8-13(2)6-3-7-14(10)12-5-4-11(9-15)16-12/h4-5,9-10H,3,6-8H2,1-2H3. The van der Waals surface area contributed by atoms with Crippen LogP contribution in [0.4, 0.5) is 5.88 Å². The number of rotatable bonds is 2. The average Bonchev–Trinajstić information content (AvgIpc) is 2.65. The molecule has 4 nitrogen and oxygen atoms in total. The number of likely N-dealkylation sites (N-methyl/N-ethyl adjacent to an activating group) is 1. The Hall–Kier alpha value is -1.29. The summed E-state index contributed by atoms with van der Waals surface area (Å²) in [6, 6.07) is 4.02. The fourth-order valence-electron chi connectivity index (χ4n) is 2.26. The van der Waals surface area contributed by atoms with Gasteiger partial charge in [0.25, 0.3) is 0 Å². The summed E-state index contributed by atoms with van der Waals surface area (Å²) < 4.78 is 5.47. The zero-order valence-corrected chi connectivity index (χ0v) is 9.85. The monoisotopic (exact) mass is 222 g/mol. The summed E-state index contributed by atoms with van der Waals surface area (Å²) in [6.07, 6.45) is 1.87. The van der Waals surface area contributed by atoms with Gasteiger partial charge in [0.05, 0.1) is 0 Å². The second-order valence-corrected chi connectivity index (χ2v) is 4.45. The maximum absolute atomic E-state index is 10.6. The van der Waals surface area contributed by atoms with Gasteiger partial charge < -0.3 is 14.2 Å². The smallest absolute Gasteiger partial charge is 0.196 e. The fraction of sp³-hybridized carbons (Fsp3) is 0.583. The molecule has 0 radical (unpaired) electrons. The molecule has 1 aliphatic heterocycles. The molecule has 2 heterocycles. The van der Waals surface area contributed by atoms with Gasteiger partial charge in [0.1, 0.15) is 0 Å². The SMILES string of the molecule is CC1CN(C)CCCN1c1ccc(C=O)o1. The van der Waals surface area contributed by atoms with Crippen molar-refractivity contribution in [2.45, 2.75) is 19.4 Å². The van der Waals surface area contributed by atoms with Crippen LogP contribution in [0, 0.1) is 0 Å². The molecular weight excluding hydrogens is 204 g/mol. The Morgan fingerprint density at radius 2 is 2.25 bits per heavy atom. The Labute approximate surface area is 95.8 Å². The summed E-state index contributed by atoms with van der Waals surface area (Å²) in [7, 11) is 2.14. The molecule has 2 rings (SSSR count). The number of hydrogen-bond acceptors (Lipinski definition) is 4. The highest BCUT2D eigenvalue weighted by Crippen LogP contribution is 2.22. The third-order valence-corrected chi connectivity index (χ3v) is 3.06. The van der Waals surface area contributed by atoms with Crippen LogP contribution < -0.4 is 4.90 Å². The van der Waals surface area contributed by atoms with Crippen molar-refractivity contribution in [2.75, 3.05) is 31.6 Å². The fourth-order valence-corrected chi connectivity index (χ4v) is 2.26. The molecule has 0 bridgehead atoms. The second-order valence-electron chi connectivity index (χ2n) is 4.45. The lowest BCUT2D eigenvalue weighted by molar-refractivity contribution is 0.110. The number of hydrogen-bond donors (Lipinski definition) is 0. The number of carbonyl (C=O) groups excluding carboxylic acids is 1. The van der Waals surface area contributed by atoms with Gasteiger partial charge in [0, 0.05) is 25.2 Å². The molecule has 1 atom stereocenters. The van der Waals surface area contributed by atoms with Crippen LogP contribution in [0.1, 0.15) is 23.9 Å². The summed E-state index contributed by atoms with van der Waals surface area (Å²) in [4.78, 5) is 15.1. The lowest BCUT2D eigenvalue weighted by Crippen LogP contribution is -2.37. The van der Waals surface area contributed by atoms with Crippen molar-refractivity contribution in [2.24, 2.45) is 0 Å². The van der Waals surface area contributed by atoms with Crippen LogP contribution in [0.2, 0.25) is 0 Å². The van der Waals surface area contributed by atoms with E-state index in [0.717, 1.165) is 38.2 Å². The van der Waals surface area contributed by atoms with Gasteiger partial charge in [0.2, 0.25) is 0 Å². The molecule has 1 aromatic rings. The van der Waals surface area contributed by atoms with Crippen molar-refractivity contribution in [1.82, 2.24) is 4.90 Å². The van der Waals surface area contributed by atoms with Crippen molar-refractivity contribution >= 4 is 12.2 Å². The van der Waals surface area contributed by atoms with Crippen LogP contribution in [-0.4, -0.2) is 43.9 Å². The van der Waals surface area contributed by atoms with Gasteiger partial charge >= 0.3 is 0 Å². The Morgan fingerprint density at radius 1 is 1.44 bits per heavy atom. The first-order valence-corrected chi connectivity index (χ1v) is 5.71. The van der Waals surface area contributed by atoms with Crippen molar-refractivity contribution in [3.8, 4) is 0 Å². The van der Waals surface area contributed by atoms with Gasteiger partial charge in [-0.25, -0.2) is 0 Å². The zero-order chi connectivity index (χ0) is 11.5. The number of anilines is 1. The van der Waals surface area contributed by atoms with E-state index < -0.39 is 0 Å². The van der Waals surface area contributed by atoms with Crippen LogP contribution in [0.15, 0.2) is 16.5 Å². The maximum atomic E-state index is 10.6. The summed E-state index contributed by atoms with van der Waals surface area (Å²) in [6.45, 7) is 5.31. The van der Waals surface area contributed by atoms with Crippen molar-refractivity contribution in [3.05, 3.63) is 17.9 Å². The lowest BCUT2D eigenvalue weighted by atomic mass is 10.3. The highest BCUT2D eigenvalue weighted by molar-refractivity contribution is 5.71. The number of aldehydes is 1. The van der Waals surface area contributed by atoms with Gasteiger partial charge in [-0.2, -0.15) is 0 Å². The van der Waals surface area contributed by atoms with Gasteiger partial charge in [-0.1, -0.05) is 0 Å². The highest BCUT2D eigenvalue weighted by atomic mass is 16.4. The van der Waals surface area contributed by atoms with E-state index in [2.05, 4.69) is 23.8 Å². The molecule has 0 aromatic carbocycles. The molecule has 0 spiro atoms. The minimum atomic E-state index is 0.403. The molecule has 1 unspecified atom stereocenters. The molecule has 1 fully saturated rings. The highest BCUT2D eigenvalue weighted by Gasteiger charge is 2.21. The van der Waals surface area contributed by atoms with Gasteiger partial charge in [-0.05, 0) is 33.0 Å². The number of carbonyl (C=O) groups is 1.